The van der Waals surface area contributed by atoms with Crippen LogP contribution < -0.4 is 5.32 Å². The zero-order valence-corrected chi connectivity index (χ0v) is 8.82. The van der Waals surface area contributed by atoms with E-state index in [9.17, 15) is 9.90 Å². The summed E-state index contributed by atoms with van der Waals surface area (Å²) in [5.74, 6) is -1.02. The topological polar surface area (TPSA) is 78.8 Å². The van der Waals surface area contributed by atoms with Gasteiger partial charge in [0, 0.05) is 31.7 Å². The SMILES string of the molecule is C=C(CNCC1(O)CCOC1C)C(=O)O. The van der Waals surface area contributed by atoms with Crippen LogP contribution in [0.1, 0.15) is 13.3 Å². The van der Waals surface area contributed by atoms with Gasteiger partial charge >= 0.3 is 5.97 Å². The second kappa shape index (κ2) is 4.74. The van der Waals surface area contributed by atoms with Crippen LogP contribution in [0.3, 0.4) is 0 Å². The molecule has 3 N–H and O–H groups in total. The summed E-state index contributed by atoms with van der Waals surface area (Å²) in [6.07, 6.45) is 0.351. The monoisotopic (exact) mass is 215 g/mol. The van der Waals surface area contributed by atoms with Crippen LogP contribution in [0.2, 0.25) is 0 Å². The fourth-order valence-corrected chi connectivity index (χ4v) is 1.51. The lowest BCUT2D eigenvalue weighted by atomic mass is 9.97. The summed E-state index contributed by atoms with van der Waals surface area (Å²) in [7, 11) is 0. The van der Waals surface area contributed by atoms with Crippen LogP contribution in [0.25, 0.3) is 0 Å². The molecule has 0 bridgehead atoms. The maximum absolute atomic E-state index is 10.4. The molecule has 0 amide bonds. The van der Waals surface area contributed by atoms with E-state index in [0.29, 0.717) is 19.6 Å². The molecule has 86 valence electrons. The zero-order valence-electron chi connectivity index (χ0n) is 8.82. The lowest BCUT2D eigenvalue weighted by Gasteiger charge is -2.26. The van der Waals surface area contributed by atoms with Gasteiger partial charge in [0.2, 0.25) is 0 Å². The van der Waals surface area contributed by atoms with Gasteiger partial charge in [0.15, 0.2) is 0 Å². The largest absolute Gasteiger partial charge is 0.478 e. The van der Waals surface area contributed by atoms with Crippen LogP contribution in [0, 0.1) is 0 Å². The molecule has 1 fully saturated rings. The number of hydrogen-bond acceptors (Lipinski definition) is 4. The fraction of sp³-hybridized carbons (Fsp3) is 0.700. The molecule has 2 atom stereocenters. The van der Waals surface area contributed by atoms with Gasteiger partial charge in [0.1, 0.15) is 5.60 Å². The molecule has 0 aromatic carbocycles. The van der Waals surface area contributed by atoms with Gasteiger partial charge in [0.05, 0.1) is 6.10 Å². The molecule has 0 spiro atoms. The Labute approximate surface area is 88.7 Å². The van der Waals surface area contributed by atoms with Crippen molar-refractivity contribution in [2.24, 2.45) is 0 Å². The highest BCUT2D eigenvalue weighted by Gasteiger charge is 2.38. The van der Waals surface area contributed by atoms with E-state index in [1.165, 1.54) is 0 Å². The number of aliphatic hydroxyl groups is 1. The van der Waals surface area contributed by atoms with Crippen molar-refractivity contribution >= 4 is 5.97 Å². The Morgan fingerprint density at radius 1 is 1.73 bits per heavy atom. The Bertz CT molecular complexity index is 266. The minimum Gasteiger partial charge on any atom is -0.478 e. The number of carboxylic acids is 1. The predicted molar refractivity (Wildman–Crippen MR) is 54.6 cm³/mol. The third kappa shape index (κ3) is 3.02. The Morgan fingerprint density at radius 3 is 2.87 bits per heavy atom. The molecule has 15 heavy (non-hydrogen) atoms. The van der Waals surface area contributed by atoms with E-state index in [2.05, 4.69) is 11.9 Å². The van der Waals surface area contributed by atoms with Crippen molar-refractivity contribution in [2.75, 3.05) is 19.7 Å². The van der Waals surface area contributed by atoms with Crippen LogP contribution >= 0.6 is 0 Å². The standard InChI is InChI=1S/C10H17NO4/c1-7(9(12)13)5-11-6-10(14)3-4-15-8(10)2/h8,11,14H,1,3-6H2,2H3,(H,12,13). The molecule has 1 saturated heterocycles. The molecule has 5 nitrogen and oxygen atoms in total. The number of carbonyl (C=O) groups is 1. The minimum atomic E-state index is -1.02. The number of nitrogens with one attached hydrogen (secondary N) is 1. The van der Waals surface area contributed by atoms with E-state index in [0.717, 1.165) is 0 Å². The first-order valence-electron chi connectivity index (χ1n) is 4.91. The lowest BCUT2D eigenvalue weighted by molar-refractivity contribution is -0.132. The van der Waals surface area contributed by atoms with Crippen molar-refractivity contribution < 1.29 is 19.7 Å². The Balaban J connectivity index is 2.31. The molecule has 2 unspecified atom stereocenters. The summed E-state index contributed by atoms with van der Waals surface area (Å²) in [6, 6.07) is 0. The summed E-state index contributed by atoms with van der Waals surface area (Å²) in [6.45, 7) is 6.22. The van der Waals surface area contributed by atoms with Crippen molar-refractivity contribution in [3.05, 3.63) is 12.2 Å². The lowest BCUT2D eigenvalue weighted by Crippen LogP contribution is -2.46. The highest BCUT2D eigenvalue weighted by molar-refractivity contribution is 5.86. The number of aliphatic carboxylic acids is 1. The third-order valence-corrected chi connectivity index (χ3v) is 2.73. The van der Waals surface area contributed by atoms with Gasteiger partial charge in [-0.2, -0.15) is 0 Å². The Hall–Kier alpha value is -0.910. The normalized spacial score (nSPS) is 30.4. The van der Waals surface area contributed by atoms with Gasteiger partial charge in [0.25, 0.3) is 0 Å². The first-order valence-corrected chi connectivity index (χ1v) is 4.91. The summed E-state index contributed by atoms with van der Waals surface area (Å²) >= 11 is 0. The smallest absolute Gasteiger partial charge is 0.332 e. The average Bonchev–Trinajstić information content (AvgIpc) is 2.47. The summed E-state index contributed by atoms with van der Waals surface area (Å²) in [5.41, 5.74) is -0.802. The van der Waals surface area contributed by atoms with Crippen LogP contribution in [0.15, 0.2) is 12.2 Å². The van der Waals surface area contributed by atoms with Crippen molar-refractivity contribution in [1.29, 1.82) is 0 Å². The molecule has 0 aromatic rings. The molecule has 1 aliphatic heterocycles. The number of ether oxygens (including phenoxy) is 1. The van der Waals surface area contributed by atoms with Crippen molar-refractivity contribution in [3.63, 3.8) is 0 Å². The fourth-order valence-electron chi connectivity index (χ4n) is 1.51. The van der Waals surface area contributed by atoms with Gasteiger partial charge in [-0.25, -0.2) is 4.79 Å². The van der Waals surface area contributed by atoms with E-state index in [1.807, 2.05) is 0 Å². The molecule has 0 aliphatic carbocycles. The first-order chi connectivity index (χ1) is 6.96. The van der Waals surface area contributed by atoms with E-state index in [4.69, 9.17) is 9.84 Å². The summed E-state index contributed by atoms with van der Waals surface area (Å²) < 4.78 is 5.24. The quantitative estimate of drug-likeness (QED) is 0.551. The molecule has 1 aliphatic rings. The van der Waals surface area contributed by atoms with Crippen LogP contribution in [-0.4, -0.2) is 47.6 Å². The zero-order chi connectivity index (χ0) is 11.5. The maximum Gasteiger partial charge on any atom is 0.332 e. The Morgan fingerprint density at radius 2 is 2.40 bits per heavy atom. The molecule has 5 heteroatoms. The van der Waals surface area contributed by atoms with E-state index >= 15 is 0 Å². The van der Waals surface area contributed by atoms with Gasteiger partial charge in [-0.15, -0.1) is 0 Å². The predicted octanol–water partition coefficient (Wildman–Crippen LogP) is -0.243. The van der Waals surface area contributed by atoms with Gasteiger partial charge in [-0.3, -0.25) is 0 Å². The summed E-state index contributed by atoms with van der Waals surface area (Å²) in [5, 5.41) is 21.5. The van der Waals surface area contributed by atoms with Crippen LogP contribution in [0.5, 0.6) is 0 Å². The van der Waals surface area contributed by atoms with Crippen molar-refractivity contribution in [3.8, 4) is 0 Å². The van der Waals surface area contributed by atoms with Gasteiger partial charge < -0.3 is 20.3 Å². The van der Waals surface area contributed by atoms with Gasteiger partial charge in [-0.1, -0.05) is 6.58 Å². The minimum absolute atomic E-state index is 0.0881. The maximum atomic E-state index is 10.4. The second-order valence-electron chi connectivity index (χ2n) is 3.88. The van der Waals surface area contributed by atoms with Crippen molar-refractivity contribution in [2.45, 2.75) is 25.0 Å². The Kier molecular flexibility index (Phi) is 3.84. The molecule has 0 radical (unpaired) electrons. The molecule has 1 rings (SSSR count). The molecular weight excluding hydrogens is 198 g/mol. The van der Waals surface area contributed by atoms with E-state index in [1.54, 1.807) is 6.92 Å². The van der Waals surface area contributed by atoms with Crippen LogP contribution in [0.4, 0.5) is 0 Å². The first kappa shape index (κ1) is 12.2. The van der Waals surface area contributed by atoms with E-state index < -0.39 is 11.6 Å². The molecule has 0 aromatic heterocycles. The van der Waals surface area contributed by atoms with E-state index in [-0.39, 0.29) is 18.2 Å². The highest BCUT2D eigenvalue weighted by atomic mass is 16.5. The van der Waals surface area contributed by atoms with Crippen LogP contribution in [-0.2, 0) is 9.53 Å². The highest BCUT2D eigenvalue weighted by Crippen LogP contribution is 2.24. The number of hydrogen-bond donors (Lipinski definition) is 3. The number of carboxylic acid groups (broad SMARTS) is 1. The van der Waals surface area contributed by atoms with Crippen molar-refractivity contribution in [1.82, 2.24) is 5.32 Å². The second-order valence-corrected chi connectivity index (χ2v) is 3.88. The summed E-state index contributed by atoms with van der Waals surface area (Å²) in [4.78, 5) is 10.4. The molecule has 1 heterocycles. The number of rotatable bonds is 5. The molecular formula is C10H17NO4. The van der Waals surface area contributed by atoms with Gasteiger partial charge in [-0.05, 0) is 6.92 Å². The average molecular weight is 215 g/mol. The molecule has 0 saturated carbocycles. The third-order valence-electron chi connectivity index (χ3n) is 2.73.